The number of rotatable bonds is 7. The summed E-state index contributed by atoms with van der Waals surface area (Å²) in [6, 6.07) is 11.3. The van der Waals surface area contributed by atoms with Crippen molar-refractivity contribution >= 4 is 28.6 Å². The first-order chi connectivity index (χ1) is 14.0. The number of para-hydroxylation sites is 1. The molecule has 152 valence electrons. The Kier molecular flexibility index (Phi) is 6.23. The molecule has 0 aliphatic carbocycles. The number of hydrogen-bond acceptors (Lipinski definition) is 5. The monoisotopic (exact) mass is 397 g/mol. The zero-order valence-corrected chi connectivity index (χ0v) is 16.4. The van der Waals surface area contributed by atoms with Crippen molar-refractivity contribution in [2.45, 2.75) is 12.5 Å². The molecule has 0 saturated heterocycles. The SMILES string of the molecule is COC(=O)C(Cc1c[nH]c2ccccc12)NC(=O)Nc1ccc(OC)cc1OC. The number of carbonyl (C=O) groups excluding carboxylic acids is 2. The van der Waals surface area contributed by atoms with Crippen molar-refractivity contribution in [3.05, 3.63) is 54.2 Å². The summed E-state index contributed by atoms with van der Waals surface area (Å²) in [7, 11) is 4.32. The van der Waals surface area contributed by atoms with Gasteiger partial charge in [-0.1, -0.05) is 18.2 Å². The van der Waals surface area contributed by atoms with Gasteiger partial charge in [0.15, 0.2) is 0 Å². The first kappa shape index (κ1) is 20.1. The van der Waals surface area contributed by atoms with E-state index in [1.54, 1.807) is 25.3 Å². The molecular formula is C21H23N3O5. The topological polar surface area (TPSA) is 102 Å². The molecule has 8 heteroatoms. The van der Waals surface area contributed by atoms with Gasteiger partial charge in [0.2, 0.25) is 0 Å². The Morgan fingerprint density at radius 3 is 2.59 bits per heavy atom. The fourth-order valence-electron chi connectivity index (χ4n) is 3.07. The number of hydrogen-bond donors (Lipinski definition) is 3. The Bertz CT molecular complexity index is 1010. The van der Waals surface area contributed by atoms with Gasteiger partial charge in [-0.05, 0) is 23.8 Å². The van der Waals surface area contributed by atoms with Crippen molar-refractivity contribution in [1.29, 1.82) is 0 Å². The van der Waals surface area contributed by atoms with Crippen LogP contribution < -0.4 is 20.1 Å². The quantitative estimate of drug-likeness (QED) is 0.532. The van der Waals surface area contributed by atoms with Crippen LogP contribution in [0.15, 0.2) is 48.7 Å². The molecule has 1 unspecified atom stereocenters. The molecule has 3 aromatic rings. The van der Waals surface area contributed by atoms with Gasteiger partial charge in [-0.15, -0.1) is 0 Å². The molecule has 2 amide bonds. The molecule has 2 aromatic carbocycles. The van der Waals surface area contributed by atoms with Crippen LogP contribution in [0.5, 0.6) is 11.5 Å². The Hall–Kier alpha value is -3.68. The van der Waals surface area contributed by atoms with Gasteiger partial charge < -0.3 is 29.8 Å². The summed E-state index contributed by atoms with van der Waals surface area (Å²) in [6.07, 6.45) is 2.11. The maximum Gasteiger partial charge on any atom is 0.328 e. The highest BCUT2D eigenvalue weighted by Crippen LogP contribution is 2.29. The summed E-state index contributed by atoms with van der Waals surface area (Å²) in [6.45, 7) is 0. The molecule has 1 aromatic heterocycles. The first-order valence-corrected chi connectivity index (χ1v) is 8.98. The normalized spacial score (nSPS) is 11.6. The molecule has 0 aliphatic rings. The lowest BCUT2D eigenvalue weighted by Crippen LogP contribution is -2.45. The van der Waals surface area contributed by atoms with Crippen molar-refractivity contribution in [2.24, 2.45) is 0 Å². The van der Waals surface area contributed by atoms with Crippen LogP contribution in [-0.2, 0) is 16.0 Å². The number of fused-ring (bicyclic) bond motifs is 1. The van der Waals surface area contributed by atoms with E-state index in [4.69, 9.17) is 14.2 Å². The van der Waals surface area contributed by atoms with Crippen molar-refractivity contribution in [3.63, 3.8) is 0 Å². The predicted molar refractivity (Wildman–Crippen MR) is 110 cm³/mol. The predicted octanol–water partition coefficient (Wildman–Crippen LogP) is 3.09. The van der Waals surface area contributed by atoms with Crippen LogP contribution in [0.4, 0.5) is 10.5 Å². The number of amides is 2. The van der Waals surface area contributed by atoms with Crippen LogP contribution in [0.1, 0.15) is 5.56 Å². The molecule has 3 rings (SSSR count). The van der Waals surface area contributed by atoms with Crippen LogP contribution in [0.25, 0.3) is 10.9 Å². The molecular weight excluding hydrogens is 374 g/mol. The fourth-order valence-corrected chi connectivity index (χ4v) is 3.07. The molecule has 3 N–H and O–H groups in total. The minimum atomic E-state index is -0.858. The number of methoxy groups -OCH3 is 3. The van der Waals surface area contributed by atoms with Crippen LogP contribution in [0.3, 0.4) is 0 Å². The lowest BCUT2D eigenvalue weighted by molar-refractivity contribution is -0.142. The zero-order chi connectivity index (χ0) is 20.8. The van der Waals surface area contributed by atoms with Crippen LogP contribution in [0, 0.1) is 0 Å². The third kappa shape index (κ3) is 4.60. The largest absolute Gasteiger partial charge is 0.497 e. The minimum absolute atomic E-state index is 0.282. The van der Waals surface area contributed by atoms with Crippen LogP contribution >= 0.6 is 0 Å². The number of aromatic amines is 1. The lowest BCUT2D eigenvalue weighted by Gasteiger charge is -2.18. The number of carbonyl (C=O) groups is 2. The number of ether oxygens (including phenoxy) is 3. The van der Waals surface area contributed by atoms with Crippen molar-refractivity contribution in [1.82, 2.24) is 10.3 Å². The number of anilines is 1. The van der Waals surface area contributed by atoms with Crippen molar-refractivity contribution < 1.29 is 23.8 Å². The van der Waals surface area contributed by atoms with Gasteiger partial charge in [0.25, 0.3) is 0 Å². The Balaban J connectivity index is 1.75. The van der Waals surface area contributed by atoms with Crippen molar-refractivity contribution in [3.8, 4) is 11.5 Å². The lowest BCUT2D eigenvalue weighted by atomic mass is 10.1. The summed E-state index contributed by atoms with van der Waals surface area (Å²) in [4.78, 5) is 27.9. The van der Waals surface area contributed by atoms with E-state index in [-0.39, 0.29) is 6.42 Å². The van der Waals surface area contributed by atoms with E-state index in [9.17, 15) is 9.59 Å². The Morgan fingerprint density at radius 1 is 1.07 bits per heavy atom. The fraction of sp³-hybridized carbons (Fsp3) is 0.238. The molecule has 0 fully saturated rings. The number of urea groups is 1. The minimum Gasteiger partial charge on any atom is -0.497 e. The average molecular weight is 397 g/mol. The van der Waals surface area contributed by atoms with E-state index in [0.717, 1.165) is 16.5 Å². The standard InChI is InChI=1S/C21H23N3O5/c1-27-14-8-9-17(19(11-14)28-2)23-21(26)24-18(20(25)29-3)10-13-12-22-16-7-5-4-6-15(13)16/h4-9,11-12,18,22H,10H2,1-3H3,(H2,23,24,26). The summed E-state index contributed by atoms with van der Waals surface area (Å²) in [5.74, 6) is 0.498. The van der Waals surface area contributed by atoms with Crippen molar-refractivity contribution in [2.75, 3.05) is 26.6 Å². The number of esters is 1. The molecule has 29 heavy (non-hydrogen) atoms. The van der Waals surface area contributed by atoms with E-state index in [2.05, 4.69) is 15.6 Å². The molecule has 0 saturated carbocycles. The number of benzene rings is 2. The smallest absolute Gasteiger partial charge is 0.328 e. The summed E-state index contributed by atoms with van der Waals surface area (Å²) < 4.78 is 15.3. The van der Waals surface area contributed by atoms with Gasteiger partial charge in [-0.25, -0.2) is 9.59 Å². The Labute approximate surface area is 168 Å². The van der Waals surface area contributed by atoms with Gasteiger partial charge >= 0.3 is 12.0 Å². The maximum atomic E-state index is 12.5. The van der Waals surface area contributed by atoms with E-state index in [1.165, 1.54) is 14.2 Å². The van der Waals surface area contributed by atoms with E-state index in [0.29, 0.717) is 17.2 Å². The van der Waals surface area contributed by atoms with Crippen LogP contribution in [-0.4, -0.2) is 44.4 Å². The van der Waals surface area contributed by atoms with Gasteiger partial charge in [0.1, 0.15) is 17.5 Å². The second kappa shape index (κ2) is 9.01. The molecule has 1 heterocycles. The molecule has 0 spiro atoms. The highest BCUT2D eigenvalue weighted by molar-refractivity contribution is 5.94. The molecule has 0 bridgehead atoms. The number of aromatic nitrogens is 1. The molecule has 0 radical (unpaired) electrons. The number of nitrogens with one attached hydrogen (secondary N) is 3. The van der Waals surface area contributed by atoms with E-state index in [1.807, 2.05) is 30.5 Å². The van der Waals surface area contributed by atoms with Crippen LogP contribution in [0.2, 0.25) is 0 Å². The highest BCUT2D eigenvalue weighted by atomic mass is 16.5. The third-order valence-corrected chi connectivity index (χ3v) is 4.55. The molecule has 0 aliphatic heterocycles. The second-order valence-electron chi connectivity index (χ2n) is 6.30. The second-order valence-corrected chi connectivity index (χ2v) is 6.30. The summed E-state index contributed by atoms with van der Waals surface area (Å²) in [5.41, 5.74) is 2.30. The number of H-pyrrole nitrogens is 1. The Morgan fingerprint density at radius 2 is 1.86 bits per heavy atom. The molecule has 1 atom stereocenters. The average Bonchev–Trinajstić information content (AvgIpc) is 3.15. The summed E-state index contributed by atoms with van der Waals surface area (Å²) >= 11 is 0. The molecule has 8 nitrogen and oxygen atoms in total. The van der Waals surface area contributed by atoms with Gasteiger partial charge in [0, 0.05) is 29.6 Å². The van der Waals surface area contributed by atoms with E-state index >= 15 is 0 Å². The zero-order valence-electron chi connectivity index (χ0n) is 16.4. The highest BCUT2D eigenvalue weighted by Gasteiger charge is 2.24. The van der Waals surface area contributed by atoms with Gasteiger partial charge in [-0.3, -0.25) is 0 Å². The van der Waals surface area contributed by atoms with Gasteiger partial charge in [0.05, 0.1) is 27.0 Å². The van der Waals surface area contributed by atoms with E-state index < -0.39 is 18.0 Å². The summed E-state index contributed by atoms with van der Waals surface area (Å²) in [5, 5.41) is 6.35. The first-order valence-electron chi connectivity index (χ1n) is 8.98. The third-order valence-electron chi connectivity index (χ3n) is 4.55. The van der Waals surface area contributed by atoms with Gasteiger partial charge in [-0.2, -0.15) is 0 Å². The maximum absolute atomic E-state index is 12.5.